The van der Waals surface area contributed by atoms with Crippen molar-refractivity contribution in [3.63, 3.8) is 0 Å². The maximum Gasteiger partial charge on any atom is 0.323 e. The van der Waals surface area contributed by atoms with Gasteiger partial charge in [-0.1, -0.05) is 32.0 Å². The molecule has 1 aromatic carbocycles. The molecule has 2 aromatic rings. The molecule has 1 amide bonds. The number of carbonyl (C=O) groups is 2. The van der Waals surface area contributed by atoms with E-state index < -0.39 is 5.97 Å². The zero-order valence-electron chi connectivity index (χ0n) is 12.6. The van der Waals surface area contributed by atoms with Gasteiger partial charge in [0, 0.05) is 12.7 Å². The zero-order chi connectivity index (χ0) is 16.1. The number of nitrogens with zero attached hydrogens (tertiary/aromatic N) is 3. The van der Waals surface area contributed by atoms with Crippen LogP contribution in [0.3, 0.4) is 0 Å². The van der Waals surface area contributed by atoms with Crippen LogP contribution in [0.4, 0.5) is 0 Å². The van der Waals surface area contributed by atoms with Gasteiger partial charge >= 0.3 is 5.97 Å². The second-order valence-electron chi connectivity index (χ2n) is 5.45. The highest BCUT2D eigenvalue weighted by atomic mass is 16.4. The first kappa shape index (κ1) is 15.8. The van der Waals surface area contributed by atoms with Crippen molar-refractivity contribution in [1.29, 1.82) is 0 Å². The largest absolute Gasteiger partial charge is 0.480 e. The van der Waals surface area contributed by atoms with E-state index in [4.69, 9.17) is 5.11 Å². The predicted molar refractivity (Wildman–Crippen MR) is 81.9 cm³/mol. The second kappa shape index (κ2) is 6.89. The summed E-state index contributed by atoms with van der Waals surface area (Å²) in [5, 5.41) is 13.2. The molecule has 0 atom stereocenters. The molecule has 1 heterocycles. The standard InChI is InChI=1S/C16H19N3O3/c1-12(2)10-18(11-15(20)21)16(22)14-8-9-19(17-14)13-6-4-3-5-7-13/h3-9,12H,10-11H2,1-2H3,(H,20,21). The third-order valence-electron chi connectivity index (χ3n) is 3.03. The van der Waals surface area contributed by atoms with Crippen molar-refractivity contribution in [3.8, 4) is 5.69 Å². The van der Waals surface area contributed by atoms with E-state index in [0.717, 1.165) is 5.69 Å². The van der Waals surface area contributed by atoms with E-state index in [-0.39, 0.29) is 24.1 Å². The minimum atomic E-state index is -1.03. The van der Waals surface area contributed by atoms with Crippen LogP contribution in [0.2, 0.25) is 0 Å². The molecule has 1 N–H and O–H groups in total. The molecular weight excluding hydrogens is 282 g/mol. The van der Waals surface area contributed by atoms with Crippen LogP contribution >= 0.6 is 0 Å². The number of hydrogen-bond donors (Lipinski definition) is 1. The number of carboxylic acids is 1. The van der Waals surface area contributed by atoms with Crippen LogP contribution in [-0.4, -0.2) is 44.8 Å². The monoisotopic (exact) mass is 301 g/mol. The Labute approximate surface area is 129 Å². The number of amides is 1. The number of carboxylic acid groups (broad SMARTS) is 1. The van der Waals surface area contributed by atoms with E-state index in [2.05, 4.69) is 5.10 Å². The summed E-state index contributed by atoms with van der Waals surface area (Å²) in [6, 6.07) is 11.0. The van der Waals surface area contributed by atoms with Gasteiger partial charge in [0.05, 0.1) is 5.69 Å². The van der Waals surface area contributed by atoms with Gasteiger partial charge in [-0.25, -0.2) is 4.68 Å². The van der Waals surface area contributed by atoms with Crippen LogP contribution in [0.5, 0.6) is 0 Å². The lowest BCUT2D eigenvalue weighted by Crippen LogP contribution is -2.38. The van der Waals surface area contributed by atoms with Crippen molar-refractivity contribution < 1.29 is 14.7 Å². The van der Waals surface area contributed by atoms with Crippen molar-refractivity contribution in [3.05, 3.63) is 48.3 Å². The molecule has 6 heteroatoms. The molecule has 0 bridgehead atoms. The summed E-state index contributed by atoms with van der Waals surface area (Å²) in [5.41, 5.74) is 1.08. The molecule has 116 valence electrons. The van der Waals surface area contributed by atoms with E-state index in [1.54, 1.807) is 16.9 Å². The van der Waals surface area contributed by atoms with Gasteiger partial charge in [0.15, 0.2) is 5.69 Å². The Balaban J connectivity index is 2.20. The summed E-state index contributed by atoms with van der Waals surface area (Å²) in [6.45, 7) is 3.92. The Morgan fingerprint density at radius 2 is 1.91 bits per heavy atom. The smallest absolute Gasteiger partial charge is 0.323 e. The van der Waals surface area contributed by atoms with Crippen molar-refractivity contribution in [2.75, 3.05) is 13.1 Å². The minimum absolute atomic E-state index is 0.180. The molecule has 0 spiro atoms. The molecule has 0 radical (unpaired) electrons. The summed E-state index contributed by atoms with van der Waals surface area (Å²) < 4.78 is 1.60. The van der Waals surface area contributed by atoms with Gasteiger partial charge in [0.2, 0.25) is 0 Å². The molecule has 2 rings (SSSR count). The van der Waals surface area contributed by atoms with E-state index in [1.807, 2.05) is 44.2 Å². The summed E-state index contributed by atoms with van der Waals surface area (Å²) in [6.07, 6.45) is 1.69. The maximum atomic E-state index is 12.4. The Kier molecular flexibility index (Phi) is 4.93. The second-order valence-corrected chi connectivity index (χ2v) is 5.45. The van der Waals surface area contributed by atoms with E-state index in [1.165, 1.54) is 4.90 Å². The number of aliphatic carboxylic acids is 1. The Bertz CT molecular complexity index is 650. The third-order valence-corrected chi connectivity index (χ3v) is 3.03. The molecule has 22 heavy (non-hydrogen) atoms. The molecule has 0 fully saturated rings. The highest BCUT2D eigenvalue weighted by Crippen LogP contribution is 2.10. The Hall–Kier alpha value is -2.63. The van der Waals surface area contributed by atoms with Gasteiger partial charge in [-0.3, -0.25) is 9.59 Å². The summed E-state index contributed by atoms with van der Waals surface area (Å²) in [4.78, 5) is 24.7. The quantitative estimate of drug-likeness (QED) is 0.886. The Morgan fingerprint density at radius 1 is 1.23 bits per heavy atom. The van der Waals surface area contributed by atoms with Gasteiger partial charge in [-0.15, -0.1) is 0 Å². The molecule has 0 saturated carbocycles. The molecule has 6 nitrogen and oxygen atoms in total. The van der Waals surface area contributed by atoms with E-state index in [0.29, 0.717) is 6.54 Å². The number of benzene rings is 1. The van der Waals surface area contributed by atoms with Crippen LogP contribution in [0.1, 0.15) is 24.3 Å². The molecule has 0 aliphatic heterocycles. The zero-order valence-corrected chi connectivity index (χ0v) is 12.6. The fraction of sp³-hybridized carbons (Fsp3) is 0.312. The predicted octanol–water partition coefficient (Wildman–Crippen LogP) is 2.06. The van der Waals surface area contributed by atoms with E-state index >= 15 is 0 Å². The topological polar surface area (TPSA) is 75.4 Å². The van der Waals surface area contributed by atoms with Gasteiger partial charge in [-0.2, -0.15) is 5.10 Å². The van der Waals surface area contributed by atoms with Crippen molar-refractivity contribution >= 4 is 11.9 Å². The number of rotatable bonds is 6. The summed E-state index contributed by atoms with van der Waals surface area (Å²) in [5.74, 6) is -1.22. The third kappa shape index (κ3) is 3.94. The van der Waals surface area contributed by atoms with Crippen LogP contribution in [0.15, 0.2) is 42.6 Å². The lowest BCUT2D eigenvalue weighted by atomic mass is 10.2. The van der Waals surface area contributed by atoms with Gasteiger partial charge in [0.1, 0.15) is 6.54 Å². The van der Waals surface area contributed by atoms with Gasteiger partial charge < -0.3 is 10.0 Å². The highest BCUT2D eigenvalue weighted by molar-refractivity contribution is 5.94. The van der Waals surface area contributed by atoms with Crippen LogP contribution in [0.25, 0.3) is 5.69 Å². The van der Waals surface area contributed by atoms with E-state index in [9.17, 15) is 9.59 Å². The molecule has 0 saturated heterocycles. The summed E-state index contributed by atoms with van der Waals surface area (Å²) in [7, 11) is 0. The molecule has 1 aromatic heterocycles. The van der Waals surface area contributed by atoms with Crippen LogP contribution in [0, 0.1) is 5.92 Å². The fourth-order valence-electron chi connectivity index (χ4n) is 2.15. The van der Waals surface area contributed by atoms with Crippen molar-refractivity contribution in [1.82, 2.24) is 14.7 Å². The molecule has 0 aliphatic rings. The maximum absolute atomic E-state index is 12.4. The van der Waals surface area contributed by atoms with Crippen molar-refractivity contribution in [2.24, 2.45) is 5.92 Å². The van der Waals surface area contributed by atoms with Gasteiger partial charge in [0.25, 0.3) is 5.91 Å². The van der Waals surface area contributed by atoms with Crippen LogP contribution in [-0.2, 0) is 4.79 Å². The van der Waals surface area contributed by atoms with Gasteiger partial charge in [-0.05, 0) is 24.1 Å². The number of carbonyl (C=O) groups excluding carboxylic acids is 1. The average molecular weight is 301 g/mol. The number of hydrogen-bond acceptors (Lipinski definition) is 3. The first-order valence-electron chi connectivity index (χ1n) is 7.09. The molecular formula is C16H19N3O3. The SMILES string of the molecule is CC(C)CN(CC(=O)O)C(=O)c1ccn(-c2ccccc2)n1. The minimum Gasteiger partial charge on any atom is -0.480 e. The Morgan fingerprint density at radius 3 is 2.50 bits per heavy atom. The first-order valence-corrected chi connectivity index (χ1v) is 7.09. The summed E-state index contributed by atoms with van der Waals surface area (Å²) >= 11 is 0. The average Bonchev–Trinajstić information content (AvgIpc) is 2.95. The normalized spacial score (nSPS) is 10.7. The molecule has 0 unspecified atom stereocenters. The first-order chi connectivity index (χ1) is 10.5. The fourth-order valence-corrected chi connectivity index (χ4v) is 2.15. The lowest BCUT2D eigenvalue weighted by molar-refractivity contribution is -0.137. The van der Waals surface area contributed by atoms with Crippen molar-refractivity contribution in [2.45, 2.75) is 13.8 Å². The number of aromatic nitrogens is 2. The lowest BCUT2D eigenvalue weighted by Gasteiger charge is -2.21. The highest BCUT2D eigenvalue weighted by Gasteiger charge is 2.21. The molecule has 0 aliphatic carbocycles. The van der Waals surface area contributed by atoms with Crippen LogP contribution < -0.4 is 0 Å². The number of para-hydroxylation sites is 1.